The summed E-state index contributed by atoms with van der Waals surface area (Å²) in [6, 6.07) is 10.0. The van der Waals surface area contributed by atoms with E-state index in [1.54, 1.807) is 6.92 Å². The van der Waals surface area contributed by atoms with Gasteiger partial charge in [-0.3, -0.25) is 5.32 Å². The second-order valence-electron chi connectivity index (χ2n) is 4.96. The van der Waals surface area contributed by atoms with Gasteiger partial charge in [0, 0.05) is 11.1 Å². The van der Waals surface area contributed by atoms with E-state index in [2.05, 4.69) is 11.9 Å². The molecular weight excluding hydrogens is 226 g/mol. The Kier molecular flexibility index (Phi) is 4.68. The largest absolute Gasteiger partial charge is 0.444 e. The minimum Gasteiger partial charge on any atom is -0.444 e. The third kappa shape index (κ3) is 4.00. The summed E-state index contributed by atoms with van der Waals surface area (Å²) in [5.74, 6) is -0.376. The smallest absolute Gasteiger partial charge is 0.334 e. The first-order valence-electron chi connectivity index (χ1n) is 6.02. The van der Waals surface area contributed by atoms with Crippen LogP contribution in [0.5, 0.6) is 0 Å². The highest BCUT2D eigenvalue weighted by molar-refractivity contribution is 5.87. The quantitative estimate of drug-likeness (QED) is 0.494. The first kappa shape index (κ1) is 14.5. The average molecular weight is 247 g/mol. The van der Waals surface area contributed by atoms with Gasteiger partial charge in [-0.2, -0.15) is 0 Å². The highest BCUT2D eigenvalue weighted by Gasteiger charge is 2.23. The summed E-state index contributed by atoms with van der Waals surface area (Å²) in [4.78, 5) is 11.4. The van der Waals surface area contributed by atoms with Gasteiger partial charge in [-0.1, -0.05) is 36.9 Å². The topological polar surface area (TPSA) is 38.3 Å². The zero-order valence-corrected chi connectivity index (χ0v) is 11.5. The normalized spacial score (nSPS) is 12.9. The fourth-order valence-electron chi connectivity index (χ4n) is 1.74. The molecule has 0 bridgehead atoms. The molecule has 1 N–H and O–H groups in total. The van der Waals surface area contributed by atoms with Gasteiger partial charge in [0.15, 0.2) is 6.23 Å². The van der Waals surface area contributed by atoms with E-state index < -0.39 is 0 Å². The predicted octanol–water partition coefficient (Wildman–Crippen LogP) is 2.98. The van der Waals surface area contributed by atoms with E-state index in [-0.39, 0.29) is 17.7 Å². The number of nitrogens with one attached hydrogen (secondary N) is 1. The number of benzene rings is 1. The van der Waals surface area contributed by atoms with Crippen molar-refractivity contribution in [1.29, 1.82) is 0 Å². The lowest BCUT2D eigenvalue weighted by Crippen LogP contribution is -2.44. The Balaban J connectivity index is 2.66. The summed E-state index contributed by atoms with van der Waals surface area (Å²) in [7, 11) is 0. The molecule has 3 heteroatoms. The van der Waals surface area contributed by atoms with E-state index in [9.17, 15) is 4.79 Å². The monoisotopic (exact) mass is 247 g/mol. The molecule has 1 atom stereocenters. The van der Waals surface area contributed by atoms with Crippen molar-refractivity contribution < 1.29 is 9.53 Å². The Labute approximate surface area is 109 Å². The van der Waals surface area contributed by atoms with Crippen LogP contribution in [-0.4, -0.2) is 12.2 Å². The van der Waals surface area contributed by atoms with Gasteiger partial charge in [0.1, 0.15) is 0 Å². The SMILES string of the molecule is C=C(C)C(=O)OC(C)NC(C)(C)c1ccccc1. The second kappa shape index (κ2) is 5.83. The third-order valence-electron chi connectivity index (χ3n) is 2.69. The number of hydrogen-bond donors (Lipinski definition) is 1. The van der Waals surface area contributed by atoms with Crippen molar-refractivity contribution >= 4 is 5.97 Å². The molecule has 0 aliphatic heterocycles. The maximum Gasteiger partial charge on any atom is 0.334 e. The molecule has 1 aromatic carbocycles. The molecule has 0 spiro atoms. The van der Waals surface area contributed by atoms with Crippen molar-refractivity contribution in [3.05, 3.63) is 48.0 Å². The molecule has 0 heterocycles. The molecule has 98 valence electrons. The first-order chi connectivity index (χ1) is 8.33. The Bertz CT molecular complexity index is 423. The summed E-state index contributed by atoms with van der Waals surface area (Å²) >= 11 is 0. The molecule has 0 aliphatic carbocycles. The van der Waals surface area contributed by atoms with Crippen LogP contribution in [0.3, 0.4) is 0 Å². The van der Waals surface area contributed by atoms with E-state index in [0.29, 0.717) is 5.57 Å². The fraction of sp³-hybridized carbons (Fsp3) is 0.400. The van der Waals surface area contributed by atoms with E-state index >= 15 is 0 Å². The summed E-state index contributed by atoms with van der Waals surface area (Å²) in [5.41, 5.74) is 1.28. The summed E-state index contributed by atoms with van der Waals surface area (Å²) in [6.07, 6.45) is -0.371. The molecule has 3 nitrogen and oxygen atoms in total. The van der Waals surface area contributed by atoms with E-state index in [1.807, 2.05) is 51.1 Å². The van der Waals surface area contributed by atoms with Crippen LogP contribution in [0.1, 0.15) is 33.3 Å². The molecule has 0 radical (unpaired) electrons. The zero-order chi connectivity index (χ0) is 13.8. The van der Waals surface area contributed by atoms with Crippen molar-refractivity contribution in [3.8, 4) is 0 Å². The Hall–Kier alpha value is -1.61. The molecule has 1 unspecified atom stereocenters. The maximum absolute atomic E-state index is 11.4. The van der Waals surface area contributed by atoms with Crippen molar-refractivity contribution in [2.24, 2.45) is 0 Å². The van der Waals surface area contributed by atoms with Crippen LogP contribution in [0.4, 0.5) is 0 Å². The zero-order valence-electron chi connectivity index (χ0n) is 11.5. The highest BCUT2D eigenvalue weighted by atomic mass is 16.6. The molecule has 1 aromatic rings. The van der Waals surface area contributed by atoms with E-state index in [4.69, 9.17) is 4.74 Å². The van der Waals surface area contributed by atoms with Gasteiger partial charge in [0.05, 0.1) is 0 Å². The minimum atomic E-state index is -0.376. The molecule has 0 amide bonds. The molecule has 0 aromatic heterocycles. The van der Waals surface area contributed by atoms with E-state index in [1.165, 1.54) is 0 Å². The van der Waals surface area contributed by atoms with Crippen LogP contribution in [0, 0.1) is 0 Å². The molecule has 0 saturated heterocycles. The van der Waals surface area contributed by atoms with Gasteiger partial charge >= 0.3 is 5.97 Å². The van der Waals surface area contributed by atoms with Crippen molar-refractivity contribution in [2.75, 3.05) is 0 Å². The van der Waals surface area contributed by atoms with Crippen LogP contribution in [-0.2, 0) is 15.1 Å². The van der Waals surface area contributed by atoms with Crippen molar-refractivity contribution in [1.82, 2.24) is 5.32 Å². The summed E-state index contributed by atoms with van der Waals surface area (Å²) in [5, 5.41) is 3.27. The lowest BCUT2D eigenvalue weighted by Gasteiger charge is -2.30. The van der Waals surface area contributed by atoms with E-state index in [0.717, 1.165) is 5.56 Å². The van der Waals surface area contributed by atoms with Crippen molar-refractivity contribution in [2.45, 2.75) is 39.5 Å². The lowest BCUT2D eigenvalue weighted by molar-refractivity contribution is -0.145. The first-order valence-corrected chi connectivity index (χ1v) is 6.02. The van der Waals surface area contributed by atoms with Crippen LogP contribution in [0.25, 0.3) is 0 Å². The molecule has 18 heavy (non-hydrogen) atoms. The standard InChI is InChI=1S/C15H21NO2/c1-11(2)14(17)18-12(3)16-15(4,5)13-9-7-6-8-10-13/h6-10,12,16H,1H2,2-5H3. The van der Waals surface area contributed by atoms with Gasteiger partial charge < -0.3 is 4.74 Å². The Morgan fingerprint density at radius 3 is 2.39 bits per heavy atom. The number of carbonyl (C=O) groups is 1. The fourth-order valence-corrected chi connectivity index (χ4v) is 1.74. The second-order valence-corrected chi connectivity index (χ2v) is 4.96. The van der Waals surface area contributed by atoms with Crippen LogP contribution < -0.4 is 5.32 Å². The van der Waals surface area contributed by atoms with Crippen LogP contribution >= 0.6 is 0 Å². The molecular formula is C15H21NO2. The number of esters is 1. The molecule has 0 saturated carbocycles. The molecule has 1 rings (SSSR count). The van der Waals surface area contributed by atoms with Gasteiger partial charge in [-0.25, -0.2) is 4.79 Å². The number of rotatable bonds is 5. The Morgan fingerprint density at radius 1 is 1.33 bits per heavy atom. The van der Waals surface area contributed by atoms with Gasteiger partial charge in [0.25, 0.3) is 0 Å². The molecule has 0 fully saturated rings. The lowest BCUT2D eigenvalue weighted by atomic mass is 9.94. The summed E-state index contributed by atoms with van der Waals surface area (Å²) in [6.45, 7) is 11.1. The van der Waals surface area contributed by atoms with Gasteiger partial charge in [0.2, 0.25) is 0 Å². The maximum atomic E-state index is 11.4. The number of hydrogen-bond acceptors (Lipinski definition) is 3. The van der Waals surface area contributed by atoms with Crippen LogP contribution in [0.2, 0.25) is 0 Å². The average Bonchev–Trinajstić information content (AvgIpc) is 2.29. The number of ether oxygens (including phenoxy) is 1. The Morgan fingerprint density at radius 2 is 1.89 bits per heavy atom. The van der Waals surface area contributed by atoms with Gasteiger partial charge in [-0.05, 0) is 33.3 Å². The minimum absolute atomic E-state index is 0.268. The molecule has 0 aliphatic rings. The number of carbonyl (C=O) groups excluding carboxylic acids is 1. The van der Waals surface area contributed by atoms with Crippen LogP contribution in [0.15, 0.2) is 42.5 Å². The van der Waals surface area contributed by atoms with Gasteiger partial charge in [-0.15, -0.1) is 0 Å². The summed E-state index contributed by atoms with van der Waals surface area (Å²) < 4.78 is 5.22. The predicted molar refractivity (Wildman–Crippen MR) is 73.0 cm³/mol. The van der Waals surface area contributed by atoms with Crippen molar-refractivity contribution in [3.63, 3.8) is 0 Å². The highest BCUT2D eigenvalue weighted by Crippen LogP contribution is 2.20. The third-order valence-corrected chi connectivity index (χ3v) is 2.69.